The van der Waals surface area contributed by atoms with Crippen LogP contribution in [0.25, 0.3) is 0 Å². The van der Waals surface area contributed by atoms with E-state index in [4.69, 9.17) is 5.26 Å². The van der Waals surface area contributed by atoms with Gasteiger partial charge in [-0.25, -0.2) is 4.98 Å². The highest BCUT2D eigenvalue weighted by Crippen LogP contribution is 2.06. The van der Waals surface area contributed by atoms with Gasteiger partial charge < -0.3 is 4.98 Å². The summed E-state index contributed by atoms with van der Waals surface area (Å²) >= 11 is 0. The lowest BCUT2D eigenvalue weighted by atomic mass is 10.2. The predicted octanol–water partition coefficient (Wildman–Crippen LogP) is 1.46. The second-order valence-corrected chi connectivity index (χ2v) is 3.22. The first-order valence-electron chi connectivity index (χ1n) is 4.67. The van der Waals surface area contributed by atoms with Gasteiger partial charge in [0.15, 0.2) is 0 Å². The highest BCUT2D eigenvalue weighted by molar-refractivity contribution is 5.18. The van der Waals surface area contributed by atoms with Gasteiger partial charge in [-0.05, 0) is 17.7 Å². The van der Waals surface area contributed by atoms with Crippen LogP contribution in [0.15, 0.2) is 30.7 Å². The number of hydrogen-bond acceptors (Lipinski definition) is 3. The maximum Gasteiger partial charge on any atom is 0.120 e. The summed E-state index contributed by atoms with van der Waals surface area (Å²) in [5, 5.41) is 8.50. The number of imidazole rings is 1. The third-order valence-electron chi connectivity index (χ3n) is 2.07. The Morgan fingerprint density at radius 3 is 2.87 bits per heavy atom. The number of hydrogen-bond donors (Lipinski definition) is 1. The Labute approximate surface area is 87.6 Å². The average molecular weight is 198 g/mol. The molecule has 0 aliphatic heterocycles. The van der Waals surface area contributed by atoms with Gasteiger partial charge in [0, 0.05) is 30.7 Å². The Bertz CT molecular complexity index is 467. The van der Waals surface area contributed by atoms with E-state index in [1.807, 2.05) is 12.1 Å². The molecule has 1 N–H and O–H groups in total. The van der Waals surface area contributed by atoms with Crippen LogP contribution >= 0.6 is 0 Å². The fourth-order valence-corrected chi connectivity index (χ4v) is 1.38. The van der Waals surface area contributed by atoms with Crippen molar-refractivity contribution in [2.75, 3.05) is 0 Å². The Hall–Kier alpha value is -2.15. The molecule has 4 heteroatoms. The van der Waals surface area contributed by atoms with Crippen molar-refractivity contribution in [3.63, 3.8) is 0 Å². The fourth-order valence-electron chi connectivity index (χ4n) is 1.38. The third-order valence-corrected chi connectivity index (χ3v) is 2.07. The molecule has 0 radical (unpaired) electrons. The van der Waals surface area contributed by atoms with E-state index in [0.29, 0.717) is 6.42 Å². The van der Waals surface area contributed by atoms with Crippen molar-refractivity contribution in [3.8, 4) is 6.07 Å². The number of aromatic amines is 1. The molecule has 0 unspecified atom stereocenters. The molecule has 74 valence electrons. The van der Waals surface area contributed by atoms with Crippen molar-refractivity contribution in [3.05, 3.63) is 47.8 Å². The zero-order valence-electron chi connectivity index (χ0n) is 8.14. The number of aromatic nitrogens is 3. The standard InChI is InChI=1S/C11H10N4/c12-4-1-11-14-8-10(15-11)7-9-2-5-13-6-3-9/h2-3,5-6,8H,1,7H2,(H,14,15). The van der Waals surface area contributed by atoms with E-state index < -0.39 is 0 Å². The minimum absolute atomic E-state index is 0.330. The van der Waals surface area contributed by atoms with Crippen molar-refractivity contribution >= 4 is 0 Å². The third kappa shape index (κ3) is 2.41. The van der Waals surface area contributed by atoms with Crippen LogP contribution in [0.3, 0.4) is 0 Å². The average Bonchev–Trinajstić information content (AvgIpc) is 2.68. The van der Waals surface area contributed by atoms with Gasteiger partial charge in [0.25, 0.3) is 0 Å². The highest BCUT2D eigenvalue weighted by Gasteiger charge is 2.00. The van der Waals surface area contributed by atoms with Gasteiger partial charge in [-0.15, -0.1) is 0 Å². The van der Waals surface area contributed by atoms with Crippen molar-refractivity contribution < 1.29 is 0 Å². The van der Waals surface area contributed by atoms with Crippen LogP contribution in [0.4, 0.5) is 0 Å². The molecular weight excluding hydrogens is 188 g/mol. The maximum atomic E-state index is 8.50. The Balaban J connectivity index is 2.09. The quantitative estimate of drug-likeness (QED) is 0.812. The molecule has 15 heavy (non-hydrogen) atoms. The highest BCUT2D eigenvalue weighted by atomic mass is 14.9. The minimum atomic E-state index is 0.330. The summed E-state index contributed by atoms with van der Waals surface area (Å²) in [6, 6.07) is 5.98. The van der Waals surface area contributed by atoms with E-state index in [0.717, 1.165) is 17.9 Å². The second kappa shape index (κ2) is 4.38. The fraction of sp³-hybridized carbons (Fsp3) is 0.182. The lowest BCUT2D eigenvalue weighted by Crippen LogP contribution is -1.89. The maximum absolute atomic E-state index is 8.50. The molecule has 0 atom stereocenters. The number of pyridine rings is 1. The van der Waals surface area contributed by atoms with Crippen LogP contribution in [0.2, 0.25) is 0 Å². The van der Waals surface area contributed by atoms with Crippen LogP contribution in [0, 0.1) is 11.3 Å². The van der Waals surface area contributed by atoms with Crippen molar-refractivity contribution in [2.24, 2.45) is 0 Å². The molecule has 0 spiro atoms. The van der Waals surface area contributed by atoms with E-state index in [1.54, 1.807) is 18.6 Å². The summed E-state index contributed by atoms with van der Waals surface area (Å²) in [6.45, 7) is 0. The molecule has 2 heterocycles. The zero-order valence-corrected chi connectivity index (χ0v) is 8.14. The first-order chi connectivity index (χ1) is 7.38. The number of nitrogens with zero attached hydrogens (tertiary/aromatic N) is 3. The molecule has 0 fully saturated rings. The Morgan fingerprint density at radius 2 is 2.13 bits per heavy atom. The van der Waals surface area contributed by atoms with E-state index in [-0.39, 0.29) is 0 Å². The SMILES string of the molecule is N#CCc1ncc(Cc2ccncc2)[nH]1. The summed E-state index contributed by atoms with van der Waals surface area (Å²) < 4.78 is 0. The van der Waals surface area contributed by atoms with E-state index in [9.17, 15) is 0 Å². The van der Waals surface area contributed by atoms with Crippen molar-refractivity contribution in [1.29, 1.82) is 5.26 Å². The van der Waals surface area contributed by atoms with Crippen LogP contribution < -0.4 is 0 Å². The van der Waals surface area contributed by atoms with Gasteiger partial charge in [-0.2, -0.15) is 5.26 Å². The number of rotatable bonds is 3. The lowest BCUT2D eigenvalue weighted by molar-refractivity contribution is 1.02. The largest absolute Gasteiger partial charge is 0.345 e. The minimum Gasteiger partial charge on any atom is -0.345 e. The van der Waals surface area contributed by atoms with Crippen LogP contribution in [-0.4, -0.2) is 15.0 Å². The molecule has 2 aromatic heterocycles. The molecule has 0 saturated carbocycles. The monoisotopic (exact) mass is 198 g/mol. The van der Waals surface area contributed by atoms with Gasteiger partial charge in [0.1, 0.15) is 5.82 Å². The molecule has 0 bridgehead atoms. The van der Waals surface area contributed by atoms with Crippen LogP contribution in [0.1, 0.15) is 17.1 Å². The summed E-state index contributed by atoms with van der Waals surface area (Å²) in [5.41, 5.74) is 2.20. The van der Waals surface area contributed by atoms with Gasteiger partial charge in [0.05, 0.1) is 12.5 Å². The van der Waals surface area contributed by atoms with Crippen molar-refractivity contribution in [2.45, 2.75) is 12.8 Å². The van der Waals surface area contributed by atoms with Crippen molar-refractivity contribution in [1.82, 2.24) is 15.0 Å². The summed E-state index contributed by atoms with van der Waals surface area (Å²) in [4.78, 5) is 11.2. The topological polar surface area (TPSA) is 65.4 Å². The summed E-state index contributed by atoms with van der Waals surface area (Å²) in [7, 11) is 0. The lowest BCUT2D eigenvalue weighted by Gasteiger charge is -1.96. The molecular formula is C11H10N4. The summed E-state index contributed by atoms with van der Waals surface area (Å²) in [6.07, 6.45) is 6.42. The van der Waals surface area contributed by atoms with Gasteiger partial charge in [-0.3, -0.25) is 4.98 Å². The first-order valence-corrected chi connectivity index (χ1v) is 4.67. The molecule has 2 aromatic rings. The van der Waals surface area contributed by atoms with Gasteiger partial charge in [0.2, 0.25) is 0 Å². The van der Waals surface area contributed by atoms with E-state index in [2.05, 4.69) is 21.0 Å². The van der Waals surface area contributed by atoms with Crippen LogP contribution in [0.5, 0.6) is 0 Å². The second-order valence-electron chi connectivity index (χ2n) is 3.22. The Kier molecular flexibility index (Phi) is 2.75. The molecule has 0 aliphatic rings. The van der Waals surface area contributed by atoms with E-state index >= 15 is 0 Å². The summed E-state index contributed by atoms with van der Waals surface area (Å²) in [5.74, 6) is 0.724. The Morgan fingerprint density at radius 1 is 1.33 bits per heavy atom. The van der Waals surface area contributed by atoms with E-state index in [1.165, 1.54) is 5.56 Å². The number of H-pyrrole nitrogens is 1. The molecule has 0 amide bonds. The number of nitriles is 1. The van der Waals surface area contributed by atoms with Gasteiger partial charge >= 0.3 is 0 Å². The zero-order chi connectivity index (χ0) is 10.5. The number of nitrogens with one attached hydrogen (secondary N) is 1. The first kappa shape index (κ1) is 9.41. The smallest absolute Gasteiger partial charge is 0.120 e. The molecule has 0 saturated heterocycles. The molecule has 4 nitrogen and oxygen atoms in total. The molecule has 0 aromatic carbocycles. The van der Waals surface area contributed by atoms with Crippen LogP contribution in [-0.2, 0) is 12.8 Å². The normalized spacial score (nSPS) is 9.80. The molecule has 2 rings (SSSR count). The van der Waals surface area contributed by atoms with Gasteiger partial charge in [-0.1, -0.05) is 0 Å². The predicted molar refractivity (Wildman–Crippen MR) is 54.9 cm³/mol. The molecule has 0 aliphatic carbocycles.